The van der Waals surface area contributed by atoms with E-state index in [0.717, 1.165) is 21.3 Å². The van der Waals surface area contributed by atoms with Gasteiger partial charge in [0.1, 0.15) is 0 Å². The van der Waals surface area contributed by atoms with Crippen molar-refractivity contribution in [2.45, 2.75) is 38.6 Å². The minimum Gasteiger partial charge on any atom is -0.323 e. The molecule has 158 valence electrons. The number of hydrogen-bond donors (Lipinski definition) is 1. The minimum atomic E-state index is -1.09. The first-order valence-electron chi connectivity index (χ1n) is 10.4. The van der Waals surface area contributed by atoms with Crippen LogP contribution in [0.15, 0.2) is 77.3 Å². The molecule has 3 aromatic carbocycles. The zero-order valence-corrected chi connectivity index (χ0v) is 19.4. The maximum atomic E-state index is 13.8. The van der Waals surface area contributed by atoms with E-state index in [2.05, 4.69) is 35.1 Å². The van der Waals surface area contributed by atoms with Crippen LogP contribution in [0.1, 0.15) is 42.9 Å². The van der Waals surface area contributed by atoms with Gasteiger partial charge in [-0.3, -0.25) is 14.5 Å². The van der Waals surface area contributed by atoms with E-state index in [1.807, 2.05) is 79.7 Å². The predicted molar refractivity (Wildman–Crippen MR) is 128 cm³/mol. The summed E-state index contributed by atoms with van der Waals surface area (Å²) in [7, 11) is 0. The summed E-state index contributed by atoms with van der Waals surface area (Å²) in [6.45, 7) is 6.23. The van der Waals surface area contributed by atoms with Crippen molar-refractivity contribution < 1.29 is 9.59 Å². The Kier molecular flexibility index (Phi) is 5.71. The van der Waals surface area contributed by atoms with Gasteiger partial charge < -0.3 is 5.32 Å². The second kappa shape index (κ2) is 8.31. The molecular formula is C26H25BrN2O2. The molecule has 1 N–H and O–H groups in total. The normalized spacial score (nSPS) is 18.1. The van der Waals surface area contributed by atoms with Crippen molar-refractivity contribution in [3.05, 3.63) is 94.0 Å². The van der Waals surface area contributed by atoms with E-state index in [4.69, 9.17) is 0 Å². The third-order valence-corrected chi connectivity index (χ3v) is 6.48. The van der Waals surface area contributed by atoms with Crippen molar-refractivity contribution in [2.75, 3.05) is 10.2 Å². The van der Waals surface area contributed by atoms with Crippen LogP contribution in [0.2, 0.25) is 0 Å². The first-order valence-corrected chi connectivity index (χ1v) is 11.2. The average Bonchev–Trinajstić information content (AvgIpc) is 2.75. The van der Waals surface area contributed by atoms with Crippen LogP contribution in [0, 0.1) is 6.92 Å². The highest BCUT2D eigenvalue weighted by molar-refractivity contribution is 9.10. The monoisotopic (exact) mass is 476 g/mol. The predicted octanol–water partition coefficient (Wildman–Crippen LogP) is 6.15. The molecule has 1 aliphatic rings. The Hall–Kier alpha value is -2.92. The molecule has 1 aliphatic heterocycles. The maximum Gasteiger partial charge on any atom is 0.255 e. The quantitative estimate of drug-likeness (QED) is 0.448. The lowest BCUT2D eigenvalue weighted by Crippen LogP contribution is -2.67. The highest BCUT2D eigenvalue weighted by atomic mass is 79.9. The van der Waals surface area contributed by atoms with Gasteiger partial charge in [-0.25, -0.2) is 0 Å². The number of anilines is 2. The number of rotatable bonds is 5. The van der Waals surface area contributed by atoms with E-state index < -0.39 is 5.54 Å². The average molecular weight is 477 g/mol. The second-order valence-corrected chi connectivity index (χ2v) is 9.20. The number of para-hydroxylation sites is 1. The standard InChI is InChI=1S/C26H25BrN2O2/c1-17(2)19-8-10-20(11-9-19)26(25(31)28-23-7-5-4-6-18(23)3)16-24(30)29(26)22-14-12-21(27)13-15-22/h4-15,17H,16H2,1-3H3,(H,28,31)/t26-/m0/s1. The second-order valence-electron chi connectivity index (χ2n) is 8.29. The Balaban J connectivity index is 1.80. The lowest BCUT2D eigenvalue weighted by molar-refractivity contribution is -0.137. The number of β-lactam (4-membered cyclic amide) rings is 1. The Morgan fingerprint density at radius 3 is 2.23 bits per heavy atom. The maximum absolute atomic E-state index is 13.8. The fourth-order valence-corrected chi connectivity index (χ4v) is 4.34. The van der Waals surface area contributed by atoms with Gasteiger partial charge in [-0.2, -0.15) is 0 Å². The molecule has 2 amide bonds. The van der Waals surface area contributed by atoms with Crippen molar-refractivity contribution in [2.24, 2.45) is 0 Å². The molecule has 0 unspecified atom stereocenters. The van der Waals surface area contributed by atoms with Crippen LogP contribution in [0.25, 0.3) is 0 Å². The molecule has 0 saturated carbocycles. The highest BCUT2D eigenvalue weighted by Crippen LogP contribution is 2.46. The number of aryl methyl sites for hydroxylation is 1. The summed E-state index contributed by atoms with van der Waals surface area (Å²) < 4.78 is 0.917. The SMILES string of the molecule is Cc1ccccc1NC(=O)[C@@]1(c2ccc(C(C)C)cc2)CC(=O)N1c1ccc(Br)cc1. The molecule has 1 atom stereocenters. The number of benzene rings is 3. The first kappa shape index (κ1) is 21.3. The summed E-state index contributed by atoms with van der Waals surface area (Å²) in [6.07, 6.45) is 0.127. The number of nitrogens with zero attached hydrogens (tertiary/aromatic N) is 1. The highest BCUT2D eigenvalue weighted by Gasteiger charge is 2.58. The van der Waals surface area contributed by atoms with Crippen LogP contribution in [-0.2, 0) is 15.1 Å². The van der Waals surface area contributed by atoms with Crippen LogP contribution in [-0.4, -0.2) is 11.8 Å². The minimum absolute atomic E-state index is 0.0739. The van der Waals surface area contributed by atoms with E-state index in [1.165, 1.54) is 5.56 Å². The van der Waals surface area contributed by atoms with Gasteiger partial charge in [-0.15, -0.1) is 0 Å². The smallest absolute Gasteiger partial charge is 0.255 e. The summed E-state index contributed by atoms with van der Waals surface area (Å²) in [5, 5.41) is 3.08. The molecule has 0 aromatic heterocycles. The zero-order chi connectivity index (χ0) is 22.2. The van der Waals surface area contributed by atoms with Gasteiger partial charge in [0.25, 0.3) is 5.91 Å². The van der Waals surface area contributed by atoms with E-state index in [1.54, 1.807) is 4.90 Å². The molecule has 3 aromatic rings. The topological polar surface area (TPSA) is 49.4 Å². The molecule has 0 spiro atoms. The number of carbonyl (C=O) groups excluding carboxylic acids is 2. The molecule has 5 heteroatoms. The van der Waals surface area contributed by atoms with Crippen molar-refractivity contribution in [1.82, 2.24) is 0 Å². The van der Waals surface area contributed by atoms with Gasteiger partial charge in [0.15, 0.2) is 5.54 Å². The summed E-state index contributed by atoms with van der Waals surface area (Å²) in [4.78, 5) is 28.2. The molecule has 31 heavy (non-hydrogen) atoms. The first-order chi connectivity index (χ1) is 14.8. The third-order valence-electron chi connectivity index (χ3n) is 5.95. The lowest BCUT2D eigenvalue weighted by atomic mass is 9.75. The van der Waals surface area contributed by atoms with Crippen LogP contribution in [0.4, 0.5) is 11.4 Å². The number of halogens is 1. The molecule has 1 heterocycles. The molecule has 1 fully saturated rings. The van der Waals surface area contributed by atoms with E-state index in [0.29, 0.717) is 11.6 Å². The number of hydrogen-bond acceptors (Lipinski definition) is 2. The molecule has 1 saturated heterocycles. The molecule has 4 rings (SSSR count). The summed E-state index contributed by atoms with van der Waals surface area (Å²) in [6, 6.07) is 23.2. The zero-order valence-electron chi connectivity index (χ0n) is 17.9. The van der Waals surface area contributed by atoms with Crippen molar-refractivity contribution in [1.29, 1.82) is 0 Å². The van der Waals surface area contributed by atoms with Gasteiger partial charge >= 0.3 is 0 Å². The third kappa shape index (κ3) is 3.79. The van der Waals surface area contributed by atoms with Crippen molar-refractivity contribution in [3.63, 3.8) is 0 Å². The number of amides is 2. The lowest BCUT2D eigenvalue weighted by Gasteiger charge is -2.50. The fourth-order valence-electron chi connectivity index (χ4n) is 4.08. The molecular weight excluding hydrogens is 452 g/mol. The van der Waals surface area contributed by atoms with Gasteiger partial charge in [0, 0.05) is 15.8 Å². The molecule has 0 aliphatic carbocycles. The summed E-state index contributed by atoms with van der Waals surface area (Å²) in [5.74, 6) is 0.105. The van der Waals surface area contributed by atoms with Crippen molar-refractivity contribution >= 4 is 39.1 Å². The summed E-state index contributed by atoms with van der Waals surface area (Å²) >= 11 is 3.44. The van der Waals surface area contributed by atoms with Gasteiger partial charge in [-0.1, -0.05) is 72.2 Å². The van der Waals surface area contributed by atoms with Crippen LogP contribution < -0.4 is 10.2 Å². The Morgan fingerprint density at radius 2 is 1.65 bits per heavy atom. The Morgan fingerprint density at radius 1 is 1.00 bits per heavy atom. The van der Waals surface area contributed by atoms with Gasteiger partial charge in [-0.05, 0) is 59.9 Å². The van der Waals surface area contributed by atoms with Crippen LogP contribution in [0.3, 0.4) is 0 Å². The van der Waals surface area contributed by atoms with Crippen LogP contribution >= 0.6 is 15.9 Å². The van der Waals surface area contributed by atoms with E-state index in [9.17, 15) is 9.59 Å². The van der Waals surface area contributed by atoms with Gasteiger partial charge in [0.2, 0.25) is 5.91 Å². The van der Waals surface area contributed by atoms with Crippen LogP contribution in [0.5, 0.6) is 0 Å². The molecule has 4 nitrogen and oxygen atoms in total. The summed E-state index contributed by atoms with van der Waals surface area (Å²) in [5.41, 5.74) is 3.34. The largest absolute Gasteiger partial charge is 0.323 e. The van der Waals surface area contributed by atoms with E-state index >= 15 is 0 Å². The fraction of sp³-hybridized carbons (Fsp3) is 0.231. The number of carbonyl (C=O) groups is 2. The van der Waals surface area contributed by atoms with Crippen molar-refractivity contribution in [3.8, 4) is 0 Å². The Bertz CT molecular complexity index is 1120. The number of nitrogens with one attached hydrogen (secondary N) is 1. The molecule has 0 radical (unpaired) electrons. The molecule has 0 bridgehead atoms. The van der Waals surface area contributed by atoms with Gasteiger partial charge in [0.05, 0.1) is 6.42 Å². The Labute approximate surface area is 191 Å². The van der Waals surface area contributed by atoms with E-state index in [-0.39, 0.29) is 18.2 Å².